The average Bonchev–Trinajstić information content (AvgIpc) is 3.04. The standard InChI is InChI=1S/C35H37ClFN3O5S/c1-25(2)20-21-38-35(42)33(22-26-6-4-3-5-7-26)40(23-27-8-10-28(36)11-9-27)34(41)24-45-31-16-18-32(19-17-31)46(43,44)39-30-14-12-29(37)13-15-30/h3-19,25,33,39H,20-24H2,1-2H3,(H,38,42)/t33-/m0/s1. The monoisotopic (exact) mass is 665 g/mol. The fraction of sp³-hybridized carbons (Fsp3) is 0.257. The van der Waals surface area contributed by atoms with E-state index < -0.39 is 34.4 Å². The van der Waals surface area contributed by atoms with E-state index in [1.165, 1.54) is 41.3 Å². The molecule has 11 heteroatoms. The van der Waals surface area contributed by atoms with E-state index in [0.717, 1.165) is 29.7 Å². The van der Waals surface area contributed by atoms with Crippen molar-refractivity contribution in [2.24, 2.45) is 5.92 Å². The molecule has 0 aliphatic rings. The number of carbonyl (C=O) groups is 2. The summed E-state index contributed by atoms with van der Waals surface area (Å²) in [5.74, 6) is -0.516. The Bertz CT molecular complexity index is 1690. The molecule has 0 aliphatic heterocycles. The summed E-state index contributed by atoms with van der Waals surface area (Å²) < 4.78 is 47.0. The Morgan fingerprint density at radius 3 is 2.15 bits per heavy atom. The van der Waals surface area contributed by atoms with E-state index in [4.69, 9.17) is 16.3 Å². The Morgan fingerprint density at radius 1 is 0.870 bits per heavy atom. The van der Waals surface area contributed by atoms with Gasteiger partial charge in [0, 0.05) is 30.2 Å². The van der Waals surface area contributed by atoms with Crippen LogP contribution in [0.2, 0.25) is 5.02 Å². The molecule has 0 fully saturated rings. The molecule has 0 bridgehead atoms. The summed E-state index contributed by atoms with van der Waals surface area (Å²) in [5, 5.41) is 3.55. The maximum Gasteiger partial charge on any atom is 0.261 e. The van der Waals surface area contributed by atoms with Crippen LogP contribution in [-0.2, 0) is 32.6 Å². The first-order valence-electron chi connectivity index (χ1n) is 14.9. The lowest BCUT2D eigenvalue weighted by atomic mass is 10.0. The van der Waals surface area contributed by atoms with Crippen molar-refractivity contribution in [2.75, 3.05) is 17.9 Å². The highest BCUT2D eigenvalue weighted by Gasteiger charge is 2.30. The molecular weight excluding hydrogens is 629 g/mol. The maximum atomic E-state index is 13.8. The van der Waals surface area contributed by atoms with E-state index in [0.29, 0.717) is 23.9 Å². The number of rotatable bonds is 15. The number of halogens is 2. The number of hydrogen-bond acceptors (Lipinski definition) is 5. The average molecular weight is 666 g/mol. The van der Waals surface area contributed by atoms with Crippen molar-refractivity contribution in [2.45, 2.75) is 44.2 Å². The summed E-state index contributed by atoms with van der Waals surface area (Å²) in [7, 11) is -3.95. The van der Waals surface area contributed by atoms with Gasteiger partial charge in [0.15, 0.2) is 6.61 Å². The highest BCUT2D eigenvalue weighted by molar-refractivity contribution is 7.92. The molecule has 0 radical (unpaired) electrons. The zero-order chi connectivity index (χ0) is 33.1. The first kappa shape index (κ1) is 34.5. The van der Waals surface area contributed by atoms with E-state index in [2.05, 4.69) is 23.9 Å². The summed E-state index contributed by atoms with van der Waals surface area (Å²) in [5.41, 5.74) is 1.90. The van der Waals surface area contributed by atoms with Crippen molar-refractivity contribution in [3.63, 3.8) is 0 Å². The van der Waals surface area contributed by atoms with Gasteiger partial charge in [0.25, 0.3) is 15.9 Å². The lowest BCUT2D eigenvalue weighted by Crippen LogP contribution is -2.52. The van der Waals surface area contributed by atoms with Crippen molar-refractivity contribution < 1.29 is 27.1 Å². The minimum absolute atomic E-state index is 0.0409. The second-order valence-corrected chi connectivity index (χ2v) is 13.3. The molecule has 0 unspecified atom stereocenters. The topological polar surface area (TPSA) is 105 Å². The van der Waals surface area contributed by atoms with E-state index in [9.17, 15) is 22.4 Å². The number of benzene rings is 4. The Labute approximate surface area is 274 Å². The molecule has 8 nitrogen and oxygen atoms in total. The van der Waals surface area contributed by atoms with Crippen LogP contribution in [0.4, 0.5) is 10.1 Å². The van der Waals surface area contributed by atoms with Gasteiger partial charge in [-0.1, -0.05) is 67.9 Å². The predicted molar refractivity (Wildman–Crippen MR) is 178 cm³/mol. The largest absolute Gasteiger partial charge is 0.484 e. The van der Waals surface area contributed by atoms with Crippen LogP contribution in [0.25, 0.3) is 0 Å². The molecular formula is C35H37ClFN3O5S. The van der Waals surface area contributed by atoms with Gasteiger partial charge < -0.3 is 15.0 Å². The molecule has 242 valence electrons. The van der Waals surface area contributed by atoms with Gasteiger partial charge in [-0.15, -0.1) is 0 Å². The van der Waals surface area contributed by atoms with Gasteiger partial charge in [-0.2, -0.15) is 0 Å². The zero-order valence-electron chi connectivity index (χ0n) is 25.7. The van der Waals surface area contributed by atoms with Crippen LogP contribution in [-0.4, -0.2) is 44.3 Å². The minimum Gasteiger partial charge on any atom is -0.484 e. The maximum absolute atomic E-state index is 13.8. The summed E-state index contributed by atoms with van der Waals surface area (Å²) in [6.45, 7) is 4.38. The molecule has 0 aromatic heterocycles. The molecule has 2 amide bonds. The molecule has 46 heavy (non-hydrogen) atoms. The number of nitrogens with one attached hydrogen (secondary N) is 2. The minimum atomic E-state index is -3.95. The van der Waals surface area contributed by atoms with Gasteiger partial charge in [0.2, 0.25) is 5.91 Å². The van der Waals surface area contributed by atoms with Crippen LogP contribution in [0, 0.1) is 11.7 Å². The van der Waals surface area contributed by atoms with Gasteiger partial charge in [0.1, 0.15) is 17.6 Å². The molecule has 0 heterocycles. The highest BCUT2D eigenvalue weighted by atomic mass is 35.5. The number of amides is 2. The third kappa shape index (κ3) is 10.3. The quantitative estimate of drug-likeness (QED) is 0.152. The molecule has 1 atom stereocenters. The lowest BCUT2D eigenvalue weighted by Gasteiger charge is -2.31. The van der Waals surface area contributed by atoms with Crippen LogP contribution in [0.5, 0.6) is 5.75 Å². The van der Waals surface area contributed by atoms with Crippen LogP contribution < -0.4 is 14.8 Å². The van der Waals surface area contributed by atoms with Crippen LogP contribution in [0.3, 0.4) is 0 Å². The molecule has 0 saturated carbocycles. The highest BCUT2D eigenvalue weighted by Crippen LogP contribution is 2.21. The van der Waals surface area contributed by atoms with Crippen molar-refractivity contribution in [3.8, 4) is 5.75 Å². The molecule has 0 aliphatic carbocycles. The molecule has 4 aromatic carbocycles. The van der Waals surface area contributed by atoms with Crippen molar-refractivity contribution >= 4 is 39.1 Å². The number of carbonyl (C=O) groups excluding carboxylic acids is 2. The van der Waals surface area contributed by atoms with Gasteiger partial charge >= 0.3 is 0 Å². The number of ether oxygens (including phenoxy) is 1. The normalized spacial score (nSPS) is 11.9. The molecule has 0 spiro atoms. The van der Waals surface area contributed by atoms with Crippen molar-refractivity contribution in [3.05, 3.63) is 125 Å². The zero-order valence-corrected chi connectivity index (χ0v) is 27.2. The van der Waals surface area contributed by atoms with Gasteiger partial charge in [-0.3, -0.25) is 14.3 Å². The smallest absolute Gasteiger partial charge is 0.261 e. The first-order valence-corrected chi connectivity index (χ1v) is 16.7. The molecule has 2 N–H and O–H groups in total. The van der Waals surface area contributed by atoms with E-state index in [1.54, 1.807) is 24.3 Å². The Kier molecular flexibility index (Phi) is 12.2. The third-order valence-electron chi connectivity index (χ3n) is 7.15. The van der Waals surface area contributed by atoms with Crippen molar-refractivity contribution in [1.82, 2.24) is 10.2 Å². The van der Waals surface area contributed by atoms with Crippen molar-refractivity contribution in [1.29, 1.82) is 0 Å². The second kappa shape index (κ2) is 16.2. The SMILES string of the molecule is CC(C)CCNC(=O)[C@H](Cc1ccccc1)N(Cc1ccc(Cl)cc1)C(=O)COc1ccc(S(=O)(=O)Nc2ccc(F)cc2)cc1. The molecule has 4 rings (SSSR count). The van der Waals surface area contributed by atoms with Crippen LogP contribution >= 0.6 is 11.6 Å². The molecule has 0 saturated heterocycles. The van der Waals surface area contributed by atoms with Gasteiger partial charge in [0.05, 0.1) is 4.90 Å². The fourth-order valence-electron chi connectivity index (χ4n) is 4.62. The van der Waals surface area contributed by atoms with Crippen LogP contribution in [0.1, 0.15) is 31.4 Å². The van der Waals surface area contributed by atoms with E-state index in [1.807, 2.05) is 30.3 Å². The Morgan fingerprint density at radius 2 is 1.52 bits per heavy atom. The van der Waals surface area contributed by atoms with Gasteiger partial charge in [-0.25, -0.2) is 12.8 Å². The van der Waals surface area contributed by atoms with E-state index >= 15 is 0 Å². The molecule has 4 aromatic rings. The summed E-state index contributed by atoms with van der Waals surface area (Å²) >= 11 is 6.10. The number of sulfonamides is 1. The summed E-state index contributed by atoms with van der Waals surface area (Å²) in [6.07, 6.45) is 1.09. The predicted octanol–water partition coefficient (Wildman–Crippen LogP) is 6.46. The van der Waals surface area contributed by atoms with Gasteiger partial charge in [-0.05, 0) is 84.1 Å². The number of anilines is 1. The third-order valence-corrected chi connectivity index (χ3v) is 8.80. The van der Waals surface area contributed by atoms with E-state index in [-0.39, 0.29) is 28.8 Å². The second-order valence-electron chi connectivity index (χ2n) is 11.2. The summed E-state index contributed by atoms with van der Waals surface area (Å²) in [6, 6.07) is 26.2. The fourth-order valence-corrected chi connectivity index (χ4v) is 5.80. The number of hydrogen-bond donors (Lipinski definition) is 2. The summed E-state index contributed by atoms with van der Waals surface area (Å²) in [4.78, 5) is 28.9. The first-order chi connectivity index (χ1) is 22.0. The van der Waals surface area contributed by atoms with Crippen LogP contribution in [0.15, 0.2) is 108 Å². The Balaban J connectivity index is 1.52. The number of nitrogens with zero attached hydrogens (tertiary/aromatic N) is 1. The Hall–Kier alpha value is -4.41. The lowest BCUT2D eigenvalue weighted by molar-refractivity contribution is -0.142.